The summed E-state index contributed by atoms with van der Waals surface area (Å²) >= 11 is 9.34. The summed E-state index contributed by atoms with van der Waals surface area (Å²) in [5, 5.41) is 0.618. The van der Waals surface area contributed by atoms with Crippen molar-refractivity contribution in [3.05, 3.63) is 21.8 Å². The number of aromatic nitrogens is 1. The predicted molar refractivity (Wildman–Crippen MR) is 72.6 cm³/mol. The summed E-state index contributed by atoms with van der Waals surface area (Å²) in [4.78, 5) is 17.7. The van der Waals surface area contributed by atoms with E-state index in [9.17, 15) is 4.79 Å². The molecule has 92 valence electrons. The van der Waals surface area contributed by atoms with Gasteiger partial charge in [0.2, 0.25) is 0 Å². The molecule has 0 N–H and O–H groups in total. The first-order valence-corrected chi connectivity index (χ1v) is 6.80. The number of hydrogen-bond donors (Lipinski definition) is 0. The normalized spacial score (nSPS) is 17.2. The van der Waals surface area contributed by atoms with E-state index < -0.39 is 0 Å². The third kappa shape index (κ3) is 2.99. The van der Waals surface area contributed by atoms with E-state index in [0.29, 0.717) is 29.7 Å². The minimum Gasteiger partial charge on any atom is -0.356 e. The largest absolute Gasteiger partial charge is 0.356 e. The van der Waals surface area contributed by atoms with Gasteiger partial charge in [-0.15, -0.1) is 0 Å². The van der Waals surface area contributed by atoms with Crippen molar-refractivity contribution in [2.75, 3.05) is 11.9 Å². The van der Waals surface area contributed by atoms with Gasteiger partial charge < -0.3 is 4.90 Å². The highest BCUT2D eigenvalue weighted by atomic mass is 79.9. The fourth-order valence-electron chi connectivity index (χ4n) is 2.15. The van der Waals surface area contributed by atoms with Crippen LogP contribution in [0.4, 0.5) is 5.82 Å². The summed E-state index contributed by atoms with van der Waals surface area (Å²) in [6, 6.07) is 2.23. The molecule has 0 unspecified atom stereocenters. The van der Waals surface area contributed by atoms with Crippen molar-refractivity contribution in [2.24, 2.45) is 0 Å². The molecular weight excluding hydrogens is 304 g/mol. The number of pyridine rings is 1. The lowest BCUT2D eigenvalue weighted by Crippen LogP contribution is -2.36. The van der Waals surface area contributed by atoms with Gasteiger partial charge in [0.15, 0.2) is 0 Å². The van der Waals surface area contributed by atoms with E-state index in [1.54, 1.807) is 6.20 Å². The molecule has 17 heavy (non-hydrogen) atoms. The van der Waals surface area contributed by atoms with E-state index in [0.717, 1.165) is 23.1 Å². The number of anilines is 1. The molecule has 0 aliphatic heterocycles. The average molecular weight is 318 g/mol. The molecular formula is C12H14BrClN2O. The smallest absolute Gasteiger partial charge is 0.142 e. The van der Waals surface area contributed by atoms with Crippen LogP contribution in [0.25, 0.3) is 0 Å². The molecule has 0 atom stereocenters. The SMILES string of the molecule is CN(c1ncc(Cl)cc1Br)C1CCC(=O)CC1. The summed E-state index contributed by atoms with van der Waals surface area (Å²) in [7, 11) is 2.02. The summed E-state index contributed by atoms with van der Waals surface area (Å²) in [5.74, 6) is 1.26. The lowest BCUT2D eigenvalue weighted by Gasteiger charge is -2.32. The van der Waals surface area contributed by atoms with E-state index in [-0.39, 0.29) is 0 Å². The van der Waals surface area contributed by atoms with Crippen molar-refractivity contribution in [3.8, 4) is 0 Å². The number of hydrogen-bond acceptors (Lipinski definition) is 3. The Balaban J connectivity index is 2.13. The Morgan fingerprint density at radius 1 is 1.47 bits per heavy atom. The first-order chi connectivity index (χ1) is 8.08. The molecule has 1 heterocycles. The standard InChI is InChI=1S/C12H14BrClN2O/c1-16(9-2-4-10(17)5-3-9)12-11(13)6-8(14)7-15-12/h6-7,9H,2-5H2,1H3. The molecule has 0 aromatic carbocycles. The van der Waals surface area contributed by atoms with Gasteiger partial charge >= 0.3 is 0 Å². The molecule has 0 saturated heterocycles. The molecule has 0 amide bonds. The fourth-order valence-corrected chi connectivity index (χ4v) is 3.07. The molecule has 2 rings (SSSR count). The van der Waals surface area contributed by atoms with Gasteiger partial charge in [0.1, 0.15) is 11.6 Å². The maximum atomic E-state index is 11.2. The Kier molecular flexibility index (Phi) is 4.05. The number of nitrogens with zero attached hydrogens (tertiary/aromatic N) is 2. The highest BCUT2D eigenvalue weighted by Gasteiger charge is 2.24. The Morgan fingerprint density at radius 3 is 2.71 bits per heavy atom. The maximum absolute atomic E-state index is 11.2. The topological polar surface area (TPSA) is 33.2 Å². The zero-order valence-corrected chi connectivity index (χ0v) is 12.0. The molecule has 1 aliphatic carbocycles. The summed E-state index contributed by atoms with van der Waals surface area (Å²) < 4.78 is 0.893. The van der Waals surface area contributed by atoms with Crippen LogP contribution in [0, 0.1) is 0 Å². The van der Waals surface area contributed by atoms with Crippen LogP contribution >= 0.6 is 27.5 Å². The molecule has 1 aromatic heterocycles. The molecule has 0 radical (unpaired) electrons. The first kappa shape index (κ1) is 12.8. The maximum Gasteiger partial charge on any atom is 0.142 e. The third-order valence-electron chi connectivity index (χ3n) is 3.18. The zero-order chi connectivity index (χ0) is 12.4. The number of Topliss-reactive ketones (excluding diaryl/α,β-unsaturated/α-hetero) is 1. The van der Waals surface area contributed by atoms with E-state index in [1.165, 1.54) is 0 Å². The molecule has 5 heteroatoms. The Hall–Kier alpha value is -0.610. The molecule has 1 saturated carbocycles. The lowest BCUT2D eigenvalue weighted by atomic mass is 9.93. The first-order valence-electron chi connectivity index (χ1n) is 5.63. The van der Waals surface area contributed by atoms with Crippen LogP contribution in [0.2, 0.25) is 5.02 Å². The van der Waals surface area contributed by atoms with Gasteiger partial charge in [-0.25, -0.2) is 4.98 Å². The second-order valence-corrected chi connectivity index (χ2v) is 5.63. The van der Waals surface area contributed by atoms with Crippen molar-refractivity contribution in [3.63, 3.8) is 0 Å². The van der Waals surface area contributed by atoms with Gasteiger partial charge in [-0.1, -0.05) is 11.6 Å². The minimum absolute atomic E-state index is 0.373. The van der Waals surface area contributed by atoms with E-state index in [2.05, 4.69) is 25.8 Å². The highest BCUT2D eigenvalue weighted by molar-refractivity contribution is 9.10. The van der Waals surface area contributed by atoms with E-state index in [4.69, 9.17) is 11.6 Å². The molecule has 1 aliphatic rings. The number of ketones is 1. The van der Waals surface area contributed by atoms with Crippen LogP contribution in [0.5, 0.6) is 0 Å². The van der Waals surface area contributed by atoms with Crippen LogP contribution in [0.15, 0.2) is 16.7 Å². The Morgan fingerprint density at radius 2 is 2.12 bits per heavy atom. The third-order valence-corrected chi connectivity index (χ3v) is 3.97. The van der Waals surface area contributed by atoms with Crippen molar-refractivity contribution in [1.29, 1.82) is 0 Å². The van der Waals surface area contributed by atoms with Gasteiger partial charge in [-0.05, 0) is 34.8 Å². The summed E-state index contributed by atoms with van der Waals surface area (Å²) in [6.45, 7) is 0. The van der Waals surface area contributed by atoms with Crippen molar-refractivity contribution in [1.82, 2.24) is 4.98 Å². The van der Waals surface area contributed by atoms with Gasteiger partial charge in [0, 0.05) is 32.1 Å². The molecule has 0 spiro atoms. The Labute approximate surface area is 114 Å². The molecule has 3 nitrogen and oxygen atoms in total. The van der Waals surface area contributed by atoms with Crippen LogP contribution in [0.3, 0.4) is 0 Å². The second-order valence-electron chi connectivity index (χ2n) is 4.34. The average Bonchev–Trinajstić information content (AvgIpc) is 2.29. The Bertz CT molecular complexity index is 429. The van der Waals surface area contributed by atoms with Crippen LogP contribution in [0.1, 0.15) is 25.7 Å². The van der Waals surface area contributed by atoms with Crippen molar-refractivity contribution >= 4 is 39.1 Å². The van der Waals surface area contributed by atoms with Crippen LogP contribution < -0.4 is 4.90 Å². The van der Waals surface area contributed by atoms with E-state index >= 15 is 0 Å². The summed E-state index contributed by atoms with van der Waals surface area (Å²) in [6.07, 6.45) is 4.82. The van der Waals surface area contributed by atoms with Gasteiger partial charge in [-0.2, -0.15) is 0 Å². The van der Waals surface area contributed by atoms with Gasteiger partial charge in [0.05, 0.1) is 9.50 Å². The van der Waals surface area contributed by atoms with Gasteiger partial charge in [0.25, 0.3) is 0 Å². The monoisotopic (exact) mass is 316 g/mol. The second kappa shape index (κ2) is 5.36. The number of carbonyl (C=O) groups is 1. The van der Waals surface area contributed by atoms with E-state index in [1.807, 2.05) is 13.1 Å². The van der Waals surface area contributed by atoms with Crippen molar-refractivity contribution in [2.45, 2.75) is 31.7 Å². The van der Waals surface area contributed by atoms with Gasteiger partial charge in [-0.3, -0.25) is 4.79 Å². The number of rotatable bonds is 2. The number of carbonyl (C=O) groups excluding carboxylic acids is 1. The molecule has 1 fully saturated rings. The quantitative estimate of drug-likeness (QED) is 0.837. The summed E-state index contributed by atoms with van der Waals surface area (Å²) in [5.41, 5.74) is 0. The van der Waals surface area contributed by atoms with Crippen LogP contribution in [-0.4, -0.2) is 23.9 Å². The number of halogens is 2. The molecule has 0 bridgehead atoms. The highest BCUT2D eigenvalue weighted by Crippen LogP contribution is 2.30. The van der Waals surface area contributed by atoms with Crippen LogP contribution in [-0.2, 0) is 4.79 Å². The fraction of sp³-hybridized carbons (Fsp3) is 0.500. The van der Waals surface area contributed by atoms with Crippen molar-refractivity contribution < 1.29 is 4.79 Å². The molecule has 1 aromatic rings. The minimum atomic E-state index is 0.373. The lowest BCUT2D eigenvalue weighted by molar-refractivity contribution is -0.120. The predicted octanol–water partition coefficient (Wildman–Crippen LogP) is 3.45. The zero-order valence-electron chi connectivity index (χ0n) is 9.62.